The van der Waals surface area contributed by atoms with Crippen LogP contribution in [-0.4, -0.2) is 49.9 Å². The topological polar surface area (TPSA) is 95.0 Å². The highest BCUT2D eigenvalue weighted by Gasteiger charge is 2.76. The summed E-state index contributed by atoms with van der Waals surface area (Å²) < 4.78 is 14.3. The fraction of sp³-hybridized carbons (Fsp3) is 0.379. The highest BCUT2D eigenvalue weighted by molar-refractivity contribution is 9.10. The van der Waals surface area contributed by atoms with Gasteiger partial charge in [-0.1, -0.05) is 34.5 Å². The van der Waals surface area contributed by atoms with E-state index in [1.54, 1.807) is 12.1 Å². The zero-order chi connectivity index (χ0) is 28.7. The number of aromatic hydroxyl groups is 1. The fourth-order valence-electron chi connectivity index (χ4n) is 7.01. The van der Waals surface area contributed by atoms with Gasteiger partial charge >= 0.3 is 0 Å². The fourth-order valence-corrected chi connectivity index (χ4v) is 8.32. The molecule has 0 spiro atoms. The van der Waals surface area contributed by atoms with E-state index in [9.17, 15) is 28.7 Å². The molecular weight excluding hydrogens is 626 g/mol. The maximum atomic E-state index is 14.2. The Hall–Kier alpha value is -2.75. The molecule has 4 aliphatic rings. The van der Waals surface area contributed by atoms with Gasteiger partial charge in [0, 0.05) is 22.5 Å². The molecule has 2 heterocycles. The Morgan fingerprint density at radius 2 is 1.73 bits per heavy atom. The van der Waals surface area contributed by atoms with Gasteiger partial charge < -0.3 is 5.11 Å². The summed E-state index contributed by atoms with van der Waals surface area (Å²) in [5.41, 5.74) is 0.940. The first-order valence-electron chi connectivity index (χ1n) is 13.0. The standard InChI is InChI=1S/C29H24BrCl2FN2O5/c1-2-11-34-24(37)18-9-8-17-20(22(18)25(34)38)13-28(31)26(39)35(16-6-4-15(33)5-7-16)27(40)29(28,32)23(17)19-12-14(30)3-10-21(19)36/h3-8,10,12,18,20,22-23,36H,2,9,11,13H2,1H3/t18-,20+,22-,23+,28+,29-/m0/s1. The molecule has 2 aromatic rings. The lowest BCUT2D eigenvalue weighted by atomic mass is 9.56. The number of benzene rings is 2. The number of halogens is 4. The van der Waals surface area contributed by atoms with Crippen LogP contribution in [0.25, 0.3) is 0 Å². The Kier molecular flexibility index (Phi) is 6.44. The first kappa shape index (κ1) is 27.4. The van der Waals surface area contributed by atoms with Crippen molar-refractivity contribution in [3.05, 3.63) is 70.0 Å². The SMILES string of the molecule is CCCN1C(=O)[C@H]2[C@H](CC=C3[C@H]2C[C@@]2(Cl)C(=O)N(c4ccc(F)cc4)C(=O)[C@@]2(Cl)[C@H]3c2cc(Br)ccc2O)C1=O. The minimum Gasteiger partial charge on any atom is -0.508 e. The summed E-state index contributed by atoms with van der Waals surface area (Å²) in [6.45, 7) is 2.16. The van der Waals surface area contributed by atoms with Crippen molar-refractivity contribution < 1.29 is 28.7 Å². The number of fused-ring (bicyclic) bond motifs is 4. The molecule has 0 bridgehead atoms. The van der Waals surface area contributed by atoms with E-state index in [4.69, 9.17) is 23.2 Å². The molecule has 1 saturated carbocycles. The lowest BCUT2D eigenvalue weighted by molar-refractivity contribution is -0.140. The van der Waals surface area contributed by atoms with Gasteiger partial charge in [-0.05, 0) is 67.6 Å². The van der Waals surface area contributed by atoms with E-state index < -0.39 is 51.1 Å². The summed E-state index contributed by atoms with van der Waals surface area (Å²) in [6.07, 6.45) is 2.49. The minimum atomic E-state index is -2.10. The first-order valence-corrected chi connectivity index (χ1v) is 14.6. The molecule has 2 aromatic carbocycles. The summed E-state index contributed by atoms with van der Waals surface area (Å²) in [4.78, 5) is 53.2. The largest absolute Gasteiger partial charge is 0.508 e. The van der Waals surface area contributed by atoms with Gasteiger partial charge in [0.25, 0.3) is 11.8 Å². The highest BCUT2D eigenvalue weighted by Crippen LogP contribution is 2.66. The molecule has 4 amide bonds. The van der Waals surface area contributed by atoms with Crippen LogP contribution < -0.4 is 4.90 Å². The van der Waals surface area contributed by atoms with Crippen molar-refractivity contribution in [3.8, 4) is 5.75 Å². The Balaban J connectivity index is 1.57. The number of alkyl halides is 2. The Morgan fingerprint density at radius 3 is 2.40 bits per heavy atom. The number of imide groups is 2. The molecule has 11 heteroatoms. The molecule has 7 nitrogen and oxygen atoms in total. The predicted molar refractivity (Wildman–Crippen MR) is 149 cm³/mol. The van der Waals surface area contributed by atoms with Crippen molar-refractivity contribution in [2.24, 2.45) is 17.8 Å². The number of anilines is 1. The Labute approximate surface area is 248 Å². The van der Waals surface area contributed by atoms with E-state index >= 15 is 0 Å². The van der Waals surface area contributed by atoms with Crippen molar-refractivity contribution in [2.75, 3.05) is 11.4 Å². The predicted octanol–water partition coefficient (Wildman–Crippen LogP) is 5.27. The van der Waals surface area contributed by atoms with Crippen LogP contribution in [0.2, 0.25) is 0 Å². The van der Waals surface area contributed by atoms with Crippen molar-refractivity contribution in [2.45, 2.75) is 41.9 Å². The van der Waals surface area contributed by atoms with Gasteiger partial charge in [-0.25, -0.2) is 9.29 Å². The van der Waals surface area contributed by atoms with Gasteiger partial charge in [0.05, 0.1) is 17.5 Å². The van der Waals surface area contributed by atoms with E-state index in [0.29, 0.717) is 16.5 Å². The number of hydrogen-bond donors (Lipinski definition) is 1. The van der Waals surface area contributed by atoms with Crippen LogP contribution in [0, 0.1) is 23.6 Å². The lowest BCUT2D eigenvalue weighted by Gasteiger charge is -2.50. The summed E-state index contributed by atoms with van der Waals surface area (Å²) in [5, 5.41) is 11.0. The van der Waals surface area contributed by atoms with E-state index in [2.05, 4.69) is 15.9 Å². The molecule has 0 aromatic heterocycles. The average Bonchev–Trinajstić information content (AvgIpc) is 3.25. The number of amides is 4. The van der Waals surface area contributed by atoms with Gasteiger partial charge in [0.1, 0.15) is 11.6 Å². The Morgan fingerprint density at radius 1 is 1.02 bits per heavy atom. The van der Waals surface area contributed by atoms with Crippen molar-refractivity contribution in [3.63, 3.8) is 0 Å². The molecule has 3 fully saturated rings. The molecule has 1 N–H and O–H groups in total. The molecule has 0 radical (unpaired) electrons. The monoisotopic (exact) mass is 648 g/mol. The van der Waals surface area contributed by atoms with Gasteiger partial charge in [0.2, 0.25) is 11.8 Å². The highest BCUT2D eigenvalue weighted by atomic mass is 79.9. The number of allylic oxidation sites excluding steroid dienone is 2. The van der Waals surface area contributed by atoms with Crippen LogP contribution >= 0.6 is 39.1 Å². The second-order valence-corrected chi connectivity index (χ2v) is 12.9. The molecule has 2 saturated heterocycles. The van der Waals surface area contributed by atoms with Crippen molar-refractivity contribution >= 4 is 68.4 Å². The lowest BCUT2D eigenvalue weighted by Crippen LogP contribution is -2.60. The summed E-state index contributed by atoms with van der Waals surface area (Å²) >= 11 is 17.9. The summed E-state index contributed by atoms with van der Waals surface area (Å²) in [5.74, 6) is -6.12. The molecule has 0 unspecified atom stereocenters. The number of carbonyl (C=O) groups excluding carboxylic acids is 4. The smallest absolute Gasteiger partial charge is 0.258 e. The van der Waals surface area contributed by atoms with Gasteiger partial charge in [0.15, 0.2) is 9.75 Å². The number of carbonyl (C=O) groups is 4. The van der Waals surface area contributed by atoms with Crippen LogP contribution in [0.4, 0.5) is 10.1 Å². The average molecular weight is 650 g/mol. The van der Waals surface area contributed by atoms with Crippen molar-refractivity contribution in [1.82, 2.24) is 4.90 Å². The third kappa shape index (κ3) is 3.53. The third-order valence-corrected chi connectivity index (χ3v) is 10.6. The number of phenolic OH excluding ortho intramolecular Hbond substituents is 1. The molecule has 6 atom stereocenters. The van der Waals surface area contributed by atoms with Crippen molar-refractivity contribution in [1.29, 1.82) is 0 Å². The molecule has 208 valence electrons. The van der Waals surface area contributed by atoms with E-state index in [-0.39, 0.29) is 48.2 Å². The van der Waals surface area contributed by atoms with Crippen LogP contribution in [0.3, 0.4) is 0 Å². The number of phenols is 1. The molecule has 6 rings (SSSR count). The summed E-state index contributed by atoms with van der Waals surface area (Å²) in [7, 11) is 0. The number of likely N-dealkylation sites (tertiary alicyclic amines) is 1. The third-order valence-electron chi connectivity index (χ3n) is 8.74. The zero-order valence-electron chi connectivity index (χ0n) is 21.2. The number of rotatable bonds is 4. The first-order chi connectivity index (χ1) is 19.0. The van der Waals surface area contributed by atoms with E-state index in [1.807, 2.05) is 13.0 Å². The van der Waals surface area contributed by atoms with Crippen LogP contribution in [0.15, 0.2) is 58.6 Å². The number of nitrogens with zero attached hydrogens (tertiary/aromatic N) is 2. The van der Waals surface area contributed by atoms with Gasteiger partial charge in [-0.3, -0.25) is 24.1 Å². The normalized spacial score (nSPS) is 33.2. The quantitative estimate of drug-likeness (QED) is 0.277. The Bertz CT molecular complexity index is 1520. The molecule has 2 aliphatic carbocycles. The second-order valence-electron chi connectivity index (χ2n) is 10.8. The van der Waals surface area contributed by atoms with Gasteiger partial charge in [-0.2, -0.15) is 0 Å². The van der Waals surface area contributed by atoms with E-state index in [0.717, 1.165) is 17.0 Å². The van der Waals surface area contributed by atoms with Crippen LogP contribution in [0.1, 0.15) is 37.7 Å². The maximum absolute atomic E-state index is 14.2. The second kappa shape index (κ2) is 9.39. The van der Waals surface area contributed by atoms with Gasteiger partial charge in [-0.15, -0.1) is 23.2 Å². The zero-order valence-corrected chi connectivity index (χ0v) is 24.3. The summed E-state index contributed by atoms with van der Waals surface area (Å²) in [6, 6.07) is 9.49. The molecule has 2 aliphatic heterocycles. The minimum absolute atomic E-state index is 0.0964. The van der Waals surface area contributed by atoms with E-state index in [1.165, 1.54) is 23.1 Å². The number of hydrogen-bond acceptors (Lipinski definition) is 5. The molecular formula is C29H24BrCl2FN2O5. The van der Waals surface area contributed by atoms with Crippen LogP contribution in [-0.2, 0) is 19.2 Å². The maximum Gasteiger partial charge on any atom is 0.258 e. The van der Waals surface area contributed by atoms with Crippen LogP contribution in [0.5, 0.6) is 5.75 Å². The molecule has 40 heavy (non-hydrogen) atoms.